The van der Waals surface area contributed by atoms with E-state index in [-0.39, 0.29) is 0 Å². The lowest BCUT2D eigenvalue weighted by Crippen LogP contribution is -2.08. The van der Waals surface area contributed by atoms with Gasteiger partial charge in [0.2, 0.25) is 0 Å². The van der Waals surface area contributed by atoms with Gasteiger partial charge in [0.25, 0.3) is 0 Å². The fourth-order valence-corrected chi connectivity index (χ4v) is 1.86. The van der Waals surface area contributed by atoms with Gasteiger partial charge in [0.15, 0.2) is 11.5 Å². The third kappa shape index (κ3) is 2.47. The molecule has 0 fully saturated rings. The molecule has 18 heavy (non-hydrogen) atoms. The molecule has 0 heterocycles. The van der Waals surface area contributed by atoms with Gasteiger partial charge in [-0.25, -0.2) is 4.79 Å². The van der Waals surface area contributed by atoms with E-state index in [4.69, 9.17) is 14.2 Å². The van der Waals surface area contributed by atoms with Gasteiger partial charge in [-0.1, -0.05) is 12.2 Å². The molecule has 1 rings (SSSR count). The van der Waals surface area contributed by atoms with Crippen molar-refractivity contribution in [1.29, 1.82) is 0 Å². The van der Waals surface area contributed by atoms with Crippen molar-refractivity contribution >= 4 is 12.0 Å². The molecule has 0 saturated heterocycles. The van der Waals surface area contributed by atoms with E-state index in [1.54, 1.807) is 7.11 Å². The summed E-state index contributed by atoms with van der Waals surface area (Å²) in [6, 6.07) is 1.87. The van der Waals surface area contributed by atoms with Crippen molar-refractivity contribution in [3.63, 3.8) is 0 Å². The number of hydrogen-bond acceptors (Lipinski definition) is 4. The van der Waals surface area contributed by atoms with E-state index >= 15 is 0 Å². The summed E-state index contributed by atoms with van der Waals surface area (Å²) in [5, 5.41) is 0. The number of benzene rings is 1. The van der Waals surface area contributed by atoms with Crippen LogP contribution in [0.5, 0.6) is 11.5 Å². The number of esters is 1. The van der Waals surface area contributed by atoms with Crippen LogP contribution >= 0.6 is 0 Å². The molecule has 0 atom stereocenters. The van der Waals surface area contributed by atoms with Crippen LogP contribution in [0.3, 0.4) is 0 Å². The Balaban J connectivity index is 3.59. The lowest BCUT2D eigenvalue weighted by molar-refractivity contribution is 0.0595. The summed E-state index contributed by atoms with van der Waals surface area (Å²) < 4.78 is 15.4. The Kier molecular flexibility index (Phi) is 4.77. The van der Waals surface area contributed by atoms with Gasteiger partial charge in [0, 0.05) is 5.56 Å². The van der Waals surface area contributed by atoms with Crippen LogP contribution in [0.4, 0.5) is 0 Å². The Morgan fingerprint density at radius 3 is 2.22 bits per heavy atom. The molecule has 0 aliphatic rings. The van der Waals surface area contributed by atoms with Gasteiger partial charge in [0.05, 0.1) is 21.3 Å². The lowest BCUT2D eigenvalue weighted by atomic mass is 10.0. The fraction of sp³-hybridized carbons (Fsp3) is 0.357. The number of ether oxygens (including phenoxy) is 3. The number of rotatable bonds is 4. The van der Waals surface area contributed by atoms with Crippen molar-refractivity contribution < 1.29 is 19.0 Å². The summed E-state index contributed by atoms with van der Waals surface area (Å²) in [7, 11) is 4.39. The predicted octanol–water partition coefficient (Wildman–Crippen LogP) is 2.83. The Hall–Kier alpha value is -1.97. The van der Waals surface area contributed by atoms with Crippen LogP contribution in [0, 0.1) is 6.92 Å². The second-order valence-electron chi connectivity index (χ2n) is 3.72. The number of aryl methyl sites for hydroxylation is 1. The normalized spacial score (nSPS) is 10.5. The van der Waals surface area contributed by atoms with E-state index in [1.807, 2.05) is 32.1 Å². The second-order valence-corrected chi connectivity index (χ2v) is 3.72. The van der Waals surface area contributed by atoms with Gasteiger partial charge in [-0.15, -0.1) is 0 Å². The van der Waals surface area contributed by atoms with Crippen molar-refractivity contribution in [3.8, 4) is 11.5 Å². The van der Waals surface area contributed by atoms with E-state index in [2.05, 4.69) is 0 Å². The highest BCUT2D eigenvalue weighted by Crippen LogP contribution is 2.38. The molecule has 98 valence electrons. The van der Waals surface area contributed by atoms with Crippen LogP contribution in [0.15, 0.2) is 12.1 Å². The van der Waals surface area contributed by atoms with Crippen molar-refractivity contribution in [1.82, 2.24) is 0 Å². The largest absolute Gasteiger partial charge is 0.492 e. The van der Waals surface area contributed by atoms with E-state index in [0.29, 0.717) is 17.1 Å². The minimum atomic E-state index is -0.435. The van der Waals surface area contributed by atoms with Crippen molar-refractivity contribution in [2.45, 2.75) is 13.8 Å². The lowest BCUT2D eigenvalue weighted by Gasteiger charge is -2.16. The highest BCUT2D eigenvalue weighted by atomic mass is 16.5. The quantitative estimate of drug-likeness (QED) is 0.771. The predicted molar refractivity (Wildman–Crippen MR) is 70.3 cm³/mol. The minimum absolute atomic E-state index is 0.394. The third-order valence-corrected chi connectivity index (χ3v) is 2.61. The summed E-state index contributed by atoms with van der Waals surface area (Å²) in [4.78, 5) is 11.8. The molecule has 0 unspecified atom stereocenters. The zero-order valence-corrected chi connectivity index (χ0v) is 11.4. The van der Waals surface area contributed by atoms with Gasteiger partial charge in [-0.2, -0.15) is 0 Å². The van der Waals surface area contributed by atoms with Crippen LogP contribution in [0.25, 0.3) is 6.08 Å². The Morgan fingerprint density at radius 2 is 1.78 bits per heavy atom. The first-order valence-electron chi connectivity index (χ1n) is 5.57. The first-order valence-corrected chi connectivity index (χ1v) is 5.57. The van der Waals surface area contributed by atoms with Crippen LogP contribution in [0.2, 0.25) is 0 Å². The van der Waals surface area contributed by atoms with Gasteiger partial charge < -0.3 is 14.2 Å². The summed E-state index contributed by atoms with van der Waals surface area (Å²) in [6.45, 7) is 3.75. The van der Waals surface area contributed by atoms with E-state index in [9.17, 15) is 4.79 Å². The number of allylic oxidation sites excluding steroid dienone is 1. The standard InChI is InChI=1S/C14H18O4/c1-6-7-10-8-9(2)11(14(15)18-5)13(17-4)12(10)16-3/h6-8H,1-5H3/b7-6+. The van der Waals surface area contributed by atoms with E-state index in [1.165, 1.54) is 14.2 Å². The molecule has 0 N–H and O–H groups in total. The van der Waals surface area contributed by atoms with E-state index in [0.717, 1.165) is 11.1 Å². The number of hydrogen-bond donors (Lipinski definition) is 0. The highest BCUT2D eigenvalue weighted by Gasteiger charge is 2.22. The first-order chi connectivity index (χ1) is 8.60. The molecule has 1 aromatic carbocycles. The minimum Gasteiger partial charge on any atom is -0.492 e. The number of carbonyl (C=O) groups is 1. The van der Waals surface area contributed by atoms with E-state index < -0.39 is 5.97 Å². The molecule has 0 aromatic heterocycles. The third-order valence-electron chi connectivity index (χ3n) is 2.61. The van der Waals surface area contributed by atoms with Gasteiger partial charge in [-0.05, 0) is 25.5 Å². The van der Waals surface area contributed by atoms with Crippen LogP contribution in [-0.2, 0) is 4.74 Å². The summed E-state index contributed by atoms with van der Waals surface area (Å²) in [5.74, 6) is 0.494. The molecule has 1 aromatic rings. The molecule has 0 spiro atoms. The smallest absolute Gasteiger partial charge is 0.342 e. The molecule has 4 nitrogen and oxygen atoms in total. The van der Waals surface area contributed by atoms with Gasteiger partial charge in [0.1, 0.15) is 5.56 Å². The molecule has 0 aliphatic heterocycles. The highest BCUT2D eigenvalue weighted by molar-refractivity contribution is 5.96. The van der Waals surface area contributed by atoms with Crippen LogP contribution < -0.4 is 9.47 Å². The monoisotopic (exact) mass is 250 g/mol. The maximum Gasteiger partial charge on any atom is 0.342 e. The zero-order chi connectivity index (χ0) is 13.7. The van der Waals surface area contributed by atoms with Crippen molar-refractivity contribution in [2.24, 2.45) is 0 Å². The maximum absolute atomic E-state index is 11.8. The second kappa shape index (κ2) is 6.10. The Bertz CT molecular complexity index is 475. The molecule has 0 saturated carbocycles. The van der Waals surface area contributed by atoms with Crippen LogP contribution in [0.1, 0.15) is 28.4 Å². The fourth-order valence-electron chi connectivity index (χ4n) is 1.86. The molecular formula is C14H18O4. The molecule has 0 aliphatic carbocycles. The number of carbonyl (C=O) groups excluding carboxylic acids is 1. The van der Waals surface area contributed by atoms with Crippen LogP contribution in [-0.4, -0.2) is 27.3 Å². The molecule has 0 radical (unpaired) electrons. The van der Waals surface area contributed by atoms with Gasteiger partial charge in [-0.3, -0.25) is 0 Å². The first kappa shape index (κ1) is 14.1. The average Bonchev–Trinajstić information content (AvgIpc) is 2.37. The van der Waals surface area contributed by atoms with Crippen molar-refractivity contribution in [2.75, 3.05) is 21.3 Å². The summed E-state index contributed by atoms with van der Waals surface area (Å²) >= 11 is 0. The molecule has 0 bridgehead atoms. The Labute approximate surface area is 107 Å². The maximum atomic E-state index is 11.8. The molecular weight excluding hydrogens is 232 g/mol. The summed E-state index contributed by atoms with van der Waals surface area (Å²) in [5.41, 5.74) is 2.04. The molecule has 0 amide bonds. The van der Waals surface area contributed by atoms with Crippen molar-refractivity contribution in [3.05, 3.63) is 28.8 Å². The SMILES string of the molecule is C/C=C/c1cc(C)c(C(=O)OC)c(OC)c1OC. The average molecular weight is 250 g/mol. The summed E-state index contributed by atoms with van der Waals surface area (Å²) in [6.07, 6.45) is 3.80. The molecule has 4 heteroatoms. The topological polar surface area (TPSA) is 44.8 Å². The Morgan fingerprint density at radius 1 is 1.17 bits per heavy atom. The number of methoxy groups -OCH3 is 3. The zero-order valence-electron chi connectivity index (χ0n) is 11.4. The van der Waals surface area contributed by atoms with Gasteiger partial charge >= 0.3 is 5.97 Å².